The standard InChI is InChI=1S/C21H20F3N3O/c1-28-15-11-9-14(10-12-15)19-16-6-4-5-13-25-20(16)27(26-19)18-8-3-2-7-17(18)21(22,23)24/h2-3,7-12,25H,4-6,13H2,1H3. The predicted octanol–water partition coefficient (Wildman–Crippen LogP) is 5.31. The van der Waals surface area contributed by atoms with Gasteiger partial charge in [0.25, 0.3) is 0 Å². The summed E-state index contributed by atoms with van der Waals surface area (Å²) in [4.78, 5) is 0. The number of hydrogen-bond donors (Lipinski definition) is 1. The minimum Gasteiger partial charge on any atom is -0.497 e. The largest absolute Gasteiger partial charge is 0.497 e. The van der Waals surface area contributed by atoms with Gasteiger partial charge in [0.15, 0.2) is 0 Å². The Morgan fingerprint density at radius 3 is 2.50 bits per heavy atom. The predicted molar refractivity (Wildman–Crippen MR) is 102 cm³/mol. The molecule has 2 aromatic carbocycles. The highest BCUT2D eigenvalue weighted by Gasteiger charge is 2.35. The van der Waals surface area contributed by atoms with E-state index in [0.717, 1.165) is 42.2 Å². The zero-order valence-electron chi connectivity index (χ0n) is 15.4. The number of ether oxygens (including phenoxy) is 1. The highest BCUT2D eigenvalue weighted by Crippen LogP contribution is 2.38. The van der Waals surface area contributed by atoms with Gasteiger partial charge < -0.3 is 10.1 Å². The summed E-state index contributed by atoms with van der Waals surface area (Å²) in [6.45, 7) is 0.703. The first-order chi connectivity index (χ1) is 13.5. The molecule has 0 saturated carbocycles. The summed E-state index contributed by atoms with van der Waals surface area (Å²) >= 11 is 0. The molecule has 3 aromatic rings. The monoisotopic (exact) mass is 387 g/mol. The Morgan fingerprint density at radius 2 is 1.79 bits per heavy atom. The normalized spacial score (nSPS) is 14.1. The molecule has 0 amide bonds. The number of rotatable bonds is 3. The molecule has 1 aromatic heterocycles. The second-order valence-corrected chi connectivity index (χ2v) is 6.71. The summed E-state index contributed by atoms with van der Waals surface area (Å²) in [6.07, 6.45) is -1.79. The van der Waals surface area contributed by atoms with Crippen LogP contribution in [0.3, 0.4) is 0 Å². The molecule has 1 aliphatic rings. The van der Waals surface area contributed by atoms with Gasteiger partial charge in [0, 0.05) is 17.7 Å². The van der Waals surface area contributed by atoms with Gasteiger partial charge in [0.2, 0.25) is 0 Å². The van der Waals surface area contributed by atoms with Gasteiger partial charge in [0.1, 0.15) is 11.6 Å². The molecule has 0 atom stereocenters. The Morgan fingerprint density at radius 1 is 1.04 bits per heavy atom. The van der Waals surface area contributed by atoms with Crippen molar-refractivity contribution in [1.82, 2.24) is 9.78 Å². The first-order valence-corrected chi connectivity index (χ1v) is 9.16. The van der Waals surface area contributed by atoms with E-state index in [1.54, 1.807) is 13.2 Å². The summed E-state index contributed by atoms with van der Waals surface area (Å²) in [5.74, 6) is 1.36. The van der Waals surface area contributed by atoms with Crippen molar-refractivity contribution >= 4 is 5.82 Å². The first kappa shape index (κ1) is 18.4. The minimum absolute atomic E-state index is 0.0282. The summed E-state index contributed by atoms with van der Waals surface area (Å²) in [6, 6.07) is 13.0. The number of nitrogens with one attached hydrogen (secondary N) is 1. The van der Waals surface area contributed by atoms with Crippen molar-refractivity contribution in [3.05, 3.63) is 59.7 Å². The van der Waals surface area contributed by atoms with E-state index >= 15 is 0 Å². The smallest absolute Gasteiger partial charge is 0.418 e. The van der Waals surface area contributed by atoms with E-state index in [2.05, 4.69) is 10.4 Å². The maximum Gasteiger partial charge on any atom is 0.418 e. The van der Waals surface area contributed by atoms with E-state index in [9.17, 15) is 13.2 Å². The van der Waals surface area contributed by atoms with Crippen molar-refractivity contribution in [1.29, 1.82) is 0 Å². The zero-order chi connectivity index (χ0) is 19.7. The molecule has 0 saturated heterocycles. The molecule has 4 rings (SSSR count). The molecule has 7 heteroatoms. The average Bonchev–Trinajstić information content (AvgIpc) is 2.88. The Hall–Kier alpha value is -2.96. The third-order valence-corrected chi connectivity index (χ3v) is 4.93. The third-order valence-electron chi connectivity index (χ3n) is 4.93. The number of halogens is 3. The van der Waals surface area contributed by atoms with Crippen molar-refractivity contribution in [2.45, 2.75) is 25.4 Å². The molecule has 0 spiro atoms. The molecule has 0 aliphatic carbocycles. The van der Waals surface area contributed by atoms with E-state index in [1.807, 2.05) is 24.3 Å². The van der Waals surface area contributed by atoms with E-state index in [4.69, 9.17) is 4.74 Å². The molecule has 0 bridgehead atoms. The topological polar surface area (TPSA) is 39.1 Å². The van der Waals surface area contributed by atoms with Gasteiger partial charge in [0.05, 0.1) is 24.1 Å². The number of benzene rings is 2. The third kappa shape index (κ3) is 3.32. The van der Waals surface area contributed by atoms with Crippen LogP contribution >= 0.6 is 0 Å². The van der Waals surface area contributed by atoms with Crippen LogP contribution in [0.4, 0.5) is 19.0 Å². The summed E-state index contributed by atoms with van der Waals surface area (Å²) in [5.41, 5.74) is 1.82. The van der Waals surface area contributed by atoms with Crippen LogP contribution < -0.4 is 10.1 Å². The number of nitrogens with zero attached hydrogens (tertiary/aromatic N) is 2. The quantitative estimate of drug-likeness (QED) is 0.662. The van der Waals surface area contributed by atoms with E-state index < -0.39 is 11.7 Å². The highest BCUT2D eigenvalue weighted by molar-refractivity contribution is 5.72. The van der Waals surface area contributed by atoms with Crippen molar-refractivity contribution in [3.63, 3.8) is 0 Å². The van der Waals surface area contributed by atoms with Crippen molar-refractivity contribution in [3.8, 4) is 22.7 Å². The van der Waals surface area contributed by atoms with Crippen LogP contribution in [0.25, 0.3) is 16.9 Å². The molecule has 1 aliphatic heterocycles. The molecular formula is C21H20F3N3O. The molecule has 0 radical (unpaired) electrons. The summed E-state index contributed by atoms with van der Waals surface area (Å²) in [7, 11) is 1.59. The lowest BCUT2D eigenvalue weighted by molar-refractivity contribution is -0.137. The van der Waals surface area contributed by atoms with Gasteiger partial charge in [-0.2, -0.15) is 18.3 Å². The van der Waals surface area contributed by atoms with Crippen LogP contribution in [0, 0.1) is 0 Å². The van der Waals surface area contributed by atoms with Gasteiger partial charge >= 0.3 is 6.18 Å². The fraction of sp³-hybridized carbons (Fsp3) is 0.286. The van der Waals surface area contributed by atoms with Crippen LogP contribution in [0.15, 0.2) is 48.5 Å². The molecular weight excluding hydrogens is 367 g/mol. The highest BCUT2D eigenvalue weighted by atomic mass is 19.4. The fourth-order valence-corrected chi connectivity index (χ4v) is 3.56. The second kappa shape index (κ2) is 7.22. The number of aromatic nitrogens is 2. The van der Waals surface area contributed by atoms with Gasteiger partial charge in [-0.1, -0.05) is 12.1 Å². The maximum atomic E-state index is 13.6. The lowest BCUT2D eigenvalue weighted by atomic mass is 10.0. The van der Waals surface area contributed by atoms with Crippen molar-refractivity contribution in [2.24, 2.45) is 0 Å². The minimum atomic E-state index is -4.46. The lowest BCUT2D eigenvalue weighted by Gasteiger charge is -2.15. The Balaban J connectivity index is 1.91. The number of hydrogen-bond acceptors (Lipinski definition) is 3. The lowest BCUT2D eigenvalue weighted by Crippen LogP contribution is -2.14. The van der Waals surface area contributed by atoms with Gasteiger partial charge in [-0.3, -0.25) is 0 Å². The molecule has 0 fully saturated rings. The molecule has 1 N–H and O–H groups in total. The van der Waals surface area contributed by atoms with Gasteiger partial charge in [-0.15, -0.1) is 0 Å². The second-order valence-electron chi connectivity index (χ2n) is 6.71. The molecule has 4 nitrogen and oxygen atoms in total. The van der Waals surface area contributed by atoms with Gasteiger partial charge in [-0.25, -0.2) is 4.68 Å². The Labute approximate surface area is 160 Å². The van der Waals surface area contributed by atoms with Crippen LogP contribution in [-0.2, 0) is 12.6 Å². The molecule has 2 heterocycles. The average molecular weight is 387 g/mol. The molecule has 0 unspecified atom stereocenters. The summed E-state index contributed by atoms with van der Waals surface area (Å²) in [5, 5.41) is 7.91. The van der Waals surface area contributed by atoms with E-state index in [0.29, 0.717) is 18.1 Å². The number of methoxy groups -OCH3 is 1. The fourth-order valence-electron chi connectivity index (χ4n) is 3.56. The zero-order valence-corrected chi connectivity index (χ0v) is 15.4. The Kier molecular flexibility index (Phi) is 4.75. The van der Waals surface area contributed by atoms with Crippen molar-refractivity contribution < 1.29 is 17.9 Å². The number of alkyl halides is 3. The van der Waals surface area contributed by atoms with Crippen LogP contribution in [0.1, 0.15) is 24.0 Å². The molecule has 28 heavy (non-hydrogen) atoms. The first-order valence-electron chi connectivity index (χ1n) is 9.16. The number of fused-ring (bicyclic) bond motifs is 1. The van der Waals surface area contributed by atoms with Crippen LogP contribution in [-0.4, -0.2) is 23.4 Å². The van der Waals surface area contributed by atoms with E-state index in [1.165, 1.54) is 16.8 Å². The SMILES string of the molecule is COc1ccc(-c2nn(-c3ccccc3C(F)(F)F)c3c2CCCCN3)cc1. The van der Waals surface area contributed by atoms with Crippen LogP contribution in [0.2, 0.25) is 0 Å². The summed E-state index contributed by atoms with van der Waals surface area (Å²) < 4.78 is 47.4. The van der Waals surface area contributed by atoms with Crippen molar-refractivity contribution in [2.75, 3.05) is 19.0 Å². The van der Waals surface area contributed by atoms with Crippen LogP contribution in [0.5, 0.6) is 5.75 Å². The number of anilines is 1. The molecule has 146 valence electrons. The number of para-hydroxylation sites is 1. The Bertz CT molecular complexity index is 978. The maximum absolute atomic E-state index is 13.6. The van der Waals surface area contributed by atoms with Gasteiger partial charge in [-0.05, 0) is 55.7 Å². The van der Waals surface area contributed by atoms with E-state index in [-0.39, 0.29) is 5.69 Å².